The molecule has 154 valence electrons. The van der Waals surface area contributed by atoms with Gasteiger partial charge in [-0.3, -0.25) is 4.68 Å². The number of aromatic nitrogens is 5. The predicted molar refractivity (Wildman–Crippen MR) is 112 cm³/mol. The molecule has 29 heavy (non-hydrogen) atoms. The Bertz CT molecular complexity index is 899. The van der Waals surface area contributed by atoms with Crippen LogP contribution in [-0.2, 0) is 26.7 Å². The highest BCUT2D eigenvalue weighted by Gasteiger charge is 2.06. The maximum absolute atomic E-state index is 5.21. The van der Waals surface area contributed by atoms with Crippen LogP contribution in [0.3, 0.4) is 0 Å². The van der Waals surface area contributed by atoms with Gasteiger partial charge >= 0.3 is 0 Å². The normalized spacial score (nSPS) is 11.5. The zero-order valence-electron chi connectivity index (χ0n) is 17.2. The van der Waals surface area contributed by atoms with Crippen molar-refractivity contribution in [1.82, 2.24) is 35.2 Å². The van der Waals surface area contributed by atoms with Crippen molar-refractivity contribution in [2.24, 2.45) is 12.0 Å². The van der Waals surface area contributed by atoms with E-state index in [1.54, 1.807) is 13.3 Å². The zero-order chi connectivity index (χ0) is 20.5. The van der Waals surface area contributed by atoms with Crippen LogP contribution in [-0.4, -0.2) is 44.2 Å². The van der Waals surface area contributed by atoms with Crippen LogP contribution in [0.25, 0.3) is 0 Å². The lowest BCUT2D eigenvalue weighted by Gasteiger charge is -2.13. The fraction of sp³-hybridized carbons (Fsp3) is 0.400. The molecule has 2 N–H and O–H groups in total. The maximum Gasteiger partial charge on any atom is 0.191 e. The number of nitrogens with one attached hydrogen (secondary N) is 2. The van der Waals surface area contributed by atoms with E-state index in [4.69, 9.17) is 9.73 Å². The van der Waals surface area contributed by atoms with Crippen molar-refractivity contribution in [2.45, 2.75) is 33.0 Å². The molecule has 0 radical (unpaired) electrons. The van der Waals surface area contributed by atoms with Crippen molar-refractivity contribution in [3.8, 4) is 5.75 Å². The average Bonchev–Trinajstić information content (AvgIpc) is 3.38. The van der Waals surface area contributed by atoms with Crippen molar-refractivity contribution in [1.29, 1.82) is 0 Å². The van der Waals surface area contributed by atoms with Crippen LogP contribution in [0.2, 0.25) is 0 Å². The molecule has 0 amide bonds. The maximum atomic E-state index is 5.21. The average molecular weight is 396 g/mol. The molecule has 0 aliphatic heterocycles. The smallest absolute Gasteiger partial charge is 0.191 e. The van der Waals surface area contributed by atoms with Gasteiger partial charge in [0.15, 0.2) is 11.8 Å². The highest BCUT2D eigenvalue weighted by Crippen LogP contribution is 2.11. The van der Waals surface area contributed by atoms with Crippen LogP contribution in [0.1, 0.15) is 23.6 Å². The quantitative estimate of drug-likeness (QED) is 0.325. The molecule has 3 rings (SSSR count). The Labute approximate surface area is 170 Å². The van der Waals surface area contributed by atoms with Gasteiger partial charge in [-0.15, -0.1) is 10.2 Å². The van der Waals surface area contributed by atoms with Crippen LogP contribution < -0.4 is 15.4 Å². The third-order valence-corrected chi connectivity index (χ3v) is 4.59. The number of rotatable bonds is 9. The molecular weight excluding hydrogens is 368 g/mol. The molecule has 0 bridgehead atoms. The minimum Gasteiger partial charge on any atom is -0.497 e. The lowest BCUT2D eigenvalue weighted by Crippen LogP contribution is -2.38. The Morgan fingerprint density at radius 1 is 1.17 bits per heavy atom. The zero-order valence-corrected chi connectivity index (χ0v) is 17.2. The Hall–Kier alpha value is -3.36. The molecule has 3 aromatic rings. The molecule has 0 aliphatic rings. The minimum atomic E-state index is 0.547. The first-order valence-electron chi connectivity index (χ1n) is 9.63. The van der Waals surface area contributed by atoms with E-state index in [1.165, 1.54) is 0 Å². The number of benzene rings is 1. The number of methoxy groups -OCH3 is 1. The van der Waals surface area contributed by atoms with Crippen molar-refractivity contribution in [3.05, 3.63) is 59.9 Å². The number of hydrogen-bond donors (Lipinski definition) is 2. The van der Waals surface area contributed by atoms with Gasteiger partial charge < -0.3 is 19.9 Å². The highest BCUT2D eigenvalue weighted by molar-refractivity contribution is 5.79. The van der Waals surface area contributed by atoms with Crippen LogP contribution in [0.5, 0.6) is 5.75 Å². The first kappa shape index (κ1) is 20.4. The Morgan fingerprint density at radius 3 is 2.66 bits per heavy atom. The van der Waals surface area contributed by atoms with E-state index >= 15 is 0 Å². The van der Waals surface area contributed by atoms with E-state index in [9.17, 15) is 0 Å². The summed E-state index contributed by atoms with van der Waals surface area (Å²) in [6.45, 7) is 4.68. The Kier molecular flexibility index (Phi) is 7.21. The monoisotopic (exact) mass is 396 g/mol. The predicted octanol–water partition coefficient (Wildman–Crippen LogP) is 1.65. The highest BCUT2D eigenvalue weighted by atomic mass is 16.5. The third-order valence-electron chi connectivity index (χ3n) is 4.59. The molecule has 0 fully saturated rings. The summed E-state index contributed by atoms with van der Waals surface area (Å²) in [5, 5.41) is 19.3. The van der Waals surface area contributed by atoms with Gasteiger partial charge in [0.25, 0.3) is 0 Å². The lowest BCUT2D eigenvalue weighted by atomic mass is 10.2. The van der Waals surface area contributed by atoms with Gasteiger partial charge in [0.2, 0.25) is 0 Å². The van der Waals surface area contributed by atoms with E-state index in [1.807, 2.05) is 59.7 Å². The number of hydrogen-bond acceptors (Lipinski definition) is 5. The number of ether oxygens (including phenoxy) is 1. The van der Waals surface area contributed by atoms with Crippen LogP contribution in [0.15, 0.2) is 47.7 Å². The van der Waals surface area contributed by atoms with Gasteiger partial charge in [0, 0.05) is 32.5 Å². The van der Waals surface area contributed by atoms with E-state index in [-0.39, 0.29) is 0 Å². The van der Waals surface area contributed by atoms with E-state index in [0.29, 0.717) is 13.1 Å². The Morgan fingerprint density at radius 2 is 2.00 bits per heavy atom. The minimum absolute atomic E-state index is 0.547. The molecule has 0 aliphatic carbocycles. The van der Waals surface area contributed by atoms with Crippen LogP contribution in [0, 0.1) is 6.92 Å². The van der Waals surface area contributed by atoms with Crippen molar-refractivity contribution >= 4 is 5.96 Å². The molecule has 0 saturated heterocycles. The first-order valence-corrected chi connectivity index (χ1v) is 9.63. The van der Waals surface area contributed by atoms with Crippen LogP contribution in [0.4, 0.5) is 0 Å². The van der Waals surface area contributed by atoms with E-state index in [2.05, 4.69) is 25.9 Å². The van der Waals surface area contributed by atoms with Gasteiger partial charge in [-0.2, -0.15) is 5.10 Å². The molecule has 9 heteroatoms. The first-order chi connectivity index (χ1) is 14.2. The summed E-state index contributed by atoms with van der Waals surface area (Å²) in [6, 6.07) is 9.85. The number of nitrogens with zero attached hydrogens (tertiary/aromatic N) is 6. The van der Waals surface area contributed by atoms with Crippen molar-refractivity contribution in [3.63, 3.8) is 0 Å². The number of guanidine groups is 1. The Balaban J connectivity index is 1.58. The summed E-state index contributed by atoms with van der Waals surface area (Å²) in [4.78, 5) is 4.71. The molecule has 0 spiro atoms. The summed E-state index contributed by atoms with van der Waals surface area (Å²) in [5.74, 6) is 3.32. The van der Waals surface area contributed by atoms with Gasteiger partial charge in [-0.1, -0.05) is 12.1 Å². The lowest BCUT2D eigenvalue weighted by molar-refractivity contribution is 0.414. The van der Waals surface area contributed by atoms with Gasteiger partial charge in [0.05, 0.1) is 20.2 Å². The summed E-state index contributed by atoms with van der Waals surface area (Å²) in [7, 11) is 3.62. The number of aliphatic imine (C=N–C) groups is 1. The van der Waals surface area contributed by atoms with Crippen molar-refractivity contribution < 1.29 is 4.74 Å². The van der Waals surface area contributed by atoms with Gasteiger partial charge in [-0.05, 0) is 37.1 Å². The topological polar surface area (TPSA) is 94.2 Å². The van der Waals surface area contributed by atoms with Crippen LogP contribution >= 0.6 is 0 Å². The molecular formula is C20H28N8O. The SMILES string of the molecule is COc1ccc(CN=C(NCCCn2cccn2)NCc2nnc(C)n2C)cc1. The van der Waals surface area contributed by atoms with E-state index < -0.39 is 0 Å². The largest absolute Gasteiger partial charge is 0.497 e. The standard InChI is InChI=1S/C20H28N8O/c1-16-25-26-19(27(16)2)15-23-20(21-10-4-12-28-13-5-11-24-28)22-14-17-6-8-18(29-3)9-7-17/h5-9,11,13H,4,10,12,14-15H2,1-3H3,(H2,21,22,23). The molecule has 2 heterocycles. The third kappa shape index (κ3) is 6.06. The summed E-state index contributed by atoms with van der Waals surface area (Å²) >= 11 is 0. The second-order valence-corrected chi connectivity index (χ2v) is 6.64. The second-order valence-electron chi connectivity index (χ2n) is 6.64. The van der Waals surface area contributed by atoms with Crippen molar-refractivity contribution in [2.75, 3.05) is 13.7 Å². The fourth-order valence-electron chi connectivity index (χ4n) is 2.72. The second kappa shape index (κ2) is 10.3. The molecule has 0 unspecified atom stereocenters. The number of aryl methyl sites for hydroxylation is 2. The van der Waals surface area contributed by atoms with Gasteiger partial charge in [-0.25, -0.2) is 4.99 Å². The summed E-state index contributed by atoms with van der Waals surface area (Å²) < 4.78 is 9.10. The fourth-order valence-corrected chi connectivity index (χ4v) is 2.72. The van der Waals surface area contributed by atoms with E-state index in [0.717, 1.165) is 48.4 Å². The molecule has 0 saturated carbocycles. The molecule has 1 aromatic carbocycles. The summed E-state index contributed by atoms with van der Waals surface area (Å²) in [5.41, 5.74) is 1.11. The molecule has 0 atom stereocenters. The van der Waals surface area contributed by atoms with Gasteiger partial charge in [0.1, 0.15) is 11.6 Å². The molecule has 2 aromatic heterocycles. The molecule has 9 nitrogen and oxygen atoms in total. The summed E-state index contributed by atoms with van der Waals surface area (Å²) in [6.07, 6.45) is 4.70.